The van der Waals surface area contributed by atoms with E-state index in [4.69, 9.17) is 17.3 Å². The number of benzene rings is 1. The molecule has 0 amide bonds. The standard InChI is InChI=1S/C13H19ClN2O/c1-9-5-12(15)11(14)6-13(9)16-4-2-3-10(7-16)8-17/h5-6,10,17H,2-4,7-8,15H2,1H3. The molecule has 2 rings (SSSR count). The second kappa shape index (κ2) is 5.15. The molecule has 1 unspecified atom stereocenters. The van der Waals surface area contributed by atoms with Gasteiger partial charge in [0.1, 0.15) is 0 Å². The fourth-order valence-electron chi connectivity index (χ4n) is 2.47. The highest BCUT2D eigenvalue weighted by atomic mass is 35.5. The molecule has 1 saturated heterocycles. The molecule has 4 heteroatoms. The van der Waals surface area contributed by atoms with Crippen LogP contribution in [-0.4, -0.2) is 24.8 Å². The lowest BCUT2D eigenvalue weighted by molar-refractivity contribution is 0.208. The predicted octanol–water partition coefficient (Wildman–Crippen LogP) is 2.44. The first kappa shape index (κ1) is 12.5. The minimum Gasteiger partial charge on any atom is -0.398 e. The van der Waals surface area contributed by atoms with Gasteiger partial charge in [-0.3, -0.25) is 0 Å². The van der Waals surface area contributed by atoms with Crippen LogP contribution in [0.1, 0.15) is 18.4 Å². The Morgan fingerprint density at radius 1 is 1.53 bits per heavy atom. The van der Waals surface area contributed by atoms with Gasteiger partial charge in [0.15, 0.2) is 0 Å². The zero-order valence-electron chi connectivity index (χ0n) is 10.1. The number of piperidine rings is 1. The van der Waals surface area contributed by atoms with Crippen LogP contribution in [0.25, 0.3) is 0 Å². The largest absolute Gasteiger partial charge is 0.398 e. The minimum atomic E-state index is 0.262. The van der Waals surface area contributed by atoms with E-state index in [2.05, 4.69) is 4.90 Å². The van der Waals surface area contributed by atoms with Gasteiger partial charge in [0.2, 0.25) is 0 Å². The van der Waals surface area contributed by atoms with Crippen LogP contribution in [0.5, 0.6) is 0 Å². The topological polar surface area (TPSA) is 49.5 Å². The van der Waals surface area contributed by atoms with E-state index in [1.165, 1.54) is 0 Å². The Balaban J connectivity index is 2.24. The van der Waals surface area contributed by atoms with Crippen molar-refractivity contribution in [2.45, 2.75) is 19.8 Å². The third-order valence-corrected chi connectivity index (χ3v) is 3.76. The summed E-state index contributed by atoms with van der Waals surface area (Å²) >= 11 is 6.07. The normalized spacial score (nSPS) is 20.6. The van der Waals surface area contributed by atoms with Crippen LogP contribution in [0.4, 0.5) is 11.4 Å². The molecule has 17 heavy (non-hydrogen) atoms. The van der Waals surface area contributed by atoms with E-state index in [0.29, 0.717) is 16.6 Å². The van der Waals surface area contributed by atoms with Crippen LogP contribution in [0.15, 0.2) is 12.1 Å². The molecule has 1 fully saturated rings. The fourth-order valence-corrected chi connectivity index (χ4v) is 2.62. The van der Waals surface area contributed by atoms with Gasteiger partial charge in [0, 0.05) is 25.4 Å². The van der Waals surface area contributed by atoms with Gasteiger partial charge < -0.3 is 15.7 Å². The molecule has 1 aromatic carbocycles. The molecule has 1 heterocycles. The van der Waals surface area contributed by atoms with Crippen LogP contribution in [-0.2, 0) is 0 Å². The first-order chi connectivity index (χ1) is 8.11. The quantitative estimate of drug-likeness (QED) is 0.797. The number of nitrogen functional groups attached to an aromatic ring is 1. The van der Waals surface area contributed by atoms with Gasteiger partial charge in [-0.05, 0) is 43.4 Å². The highest BCUT2D eigenvalue weighted by Gasteiger charge is 2.21. The van der Waals surface area contributed by atoms with Crippen molar-refractivity contribution < 1.29 is 5.11 Å². The Morgan fingerprint density at radius 2 is 2.29 bits per heavy atom. The van der Waals surface area contributed by atoms with E-state index in [-0.39, 0.29) is 6.61 Å². The number of nitrogens with two attached hydrogens (primary N) is 1. The summed E-state index contributed by atoms with van der Waals surface area (Å²) in [6, 6.07) is 3.85. The molecule has 3 nitrogen and oxygen atoms in total. The third kappa shape index (κ3) is 2.67. The summed E-state index contributed by atoms with van der Waals surface area (Å²) in [7, 11) is 0. The van der Waals surface area contributed by atoms with Crippen molar-refractivity contribution in [3.63, 3.8) is 0 Å². The number of nitrogens with zero attached hydrogens (tertiary/aromatic N) is 1. The van der Waals surface area contributed by atoms with Crippen LogP contribution in [0.2, 0.25) is 5.02 Å². The number of aliphatic hydroxyl groups is 1. The van der Waals surface area contributed by atoms with Crippen molar-refractivity contribution in [2.24, 2.45) is 5.92 Å². The SMILES string of the molecule is Cc1cc(N)c(Cl)cc1N1CCCC(CO)C1. The van der Waals surface area contributed by atoms with Crippen LogP contribution < -0.4 is 10.6 Å². The lowest BCUT2D eigenvalue weighted by Gasteiger charge is -2.34. The minimum absolute atomic E-state index is 0.262. The number of aliphatic hydroxyl groups excluding tert-OH is 1. The van der Waals surface area contributed by atoms with Crippen molar-refractivity contribution in [1.82, 2.24) is 0 Å². The molecular weight excluding hydrogens is 236 g/mol. The number of aryl methyl sites for hydroxylation is 1. The molecule has 0 saturated carbocycles. The van der Waals surface area contributed by atoms with E-state index in [0.717, 1.165) is 37.2 Å². The van der Waals surface area contributed by atoms with Crippen LogP contribution in [0.3, 0.4) is 0 Å². The van der Waals surface area contributed by atoms with E-state index in [1.807, 2.05) is 19.1 Å². The van der Waals surface area contributed by atoms with E-state index < -0.39 is 0 Å². The lowest BCUT2D eigenvalue weighted by atomic mass is 9.98. The van der Waals surface area contributed by atoms with E-state index in [1.54, 1.807) is 0 Å². The van der Waals surface area contributed by atoms with Crippen molar-refractivity contribution >= 4 is 23.0 Å². The molecule has 0 bridgehead atoms. The third-order valence-electron chi connectivity index (χ3n) is 3.43. The van der Waals surface area contributed by atoms with Gasteiger partial charge in [-0.25, -0.2) is 0 Å². The van der Waals surface area contributed by atoms with Crippen LogP contribution >= 0.6 is 11.6 Å². The number of rotatable bonds is 2. The molecule has 0 aromatic heterocycles. The monoisotopic (exact) mass is 254 g/mol. The zero-order valence-corrected chi connectivity index (χ0v) is 10.9. The Kier molecular flexibility index (Phi) is 3.79. The maximum absolute atomic E-state index is 9.25. The average molecular weight is 255 g/mol. The molecule has 0 radical (unpaired) electrons. The maximum atomic E-state index is 9.25. The molecule has 1 atom stereocenters. The number of halogens is 1. The fraction of sp³-hybridized carbons (Fsp3) is 0.538. The maximum Gasteiger partial charge on any atom is 0.0656 e. The Labute approximate surface area is 107 Å². The second-order valence-electron chi connectivity index (χ2n) is 4.80. The van der Waals surface area contributed by atoms with Crippen molar-refractivity contribution in [2.75, 3.05) is 30.3 Å². The highest BCUT2D eigenvalue weighted by molar-refractivity contribution is 6.33. The summed E-state index contributed by atoms with van der Waals surface area (Å²) in [6.07, 6.45) is 2.22. The van der Waals surface area contributed by atoms with Crippen molar-refractivity contribution in [3.05, 3.63) is 22.7 Å². The lowest BCUT2D eigenvalue weighted by Crippen LogP contribution is -2.37. The Hall–Kier alpha value is -0.930. The average Bonchev–Trinajstić information content (AvgIpc) is 2.34. The summed E-state index contributed by atoms with van der Waals surface area (Å²) in [5.74, 6) is 0.375. The molecular formula is C13H19ClN2O. The zero-order chi connectivity index (χ0) is 12.4. The van der Waals surface area contributed by atoms with Gasteiger partial charge in [-0.2, -0.15) is 0 Å². The Morgan fingerprint density at radius 3 is 3.00 bits per heavy atom. The molecule has 1 aliphatic rings. The predicted molar refractivity (Wildman–Crippen MR) is 72.6 cm³/mol. The summed E-state index contributed by atoms with van der Waals surface area (Å²) in [5.41, 5.74) is 8.70. The second-order valence-corrected chi connectivity index (χ2v) is 5.20. The Bertz CT molecular complexity index is 409. The molecule has 0 aliphatic carbocycles. The van der Waals surface area contributed by atoms with Gasteiger partial charge in [-0.1, -0.05) is 11.6 Å². The molecule has 94 valence electrons. The first-order valence-electron chi connectivity index (χ1n) is 6.03. The number of hydrogen-bond donors (Lipinski definition) is 2. The summed E-state index contributed by atoms with van der Waals surface area (Å²) in [4.78, 5) is 2.30. The smallest absolute Gasteiger partial charge is 0.0656 e. The first-order valence-corrected chi connectivity index (χ1v) is 6.41. The number of anilines is 2. The summed E-state index contributed by atoms with van der Waals surface area (Å²) < 4.78 is 0. The van der Waals surface area contributed by atoms with E-state index >= 15 is 0 Å². The molecule has 3 N–H and O–H groups in total. The summed E-state index contributed by atoms with van der Waals surface area (Å²) in [6.45, 7) is 4.23. The van der Waals surface area contributed by atoms with Crippen LogP contribution in [0, 0.1) is 12.8 Å². The number of hydrogen-bond acceptors (Lipinski definition) is 3. The van der Waals surface area contributed by atoms with E-state index in [9.17, 15) is 5.11 Å². The van der Waals surface area contributed by atoms with Gasteiger partial charge in [-0.15, -0.1) is 0 Å². The van der Waals surface area contributed by atoms with Crippen molar-refractivity contribution in [1.29, 1.82) is 0 Å². The summed E-state index contributed by atoms with van der Waals surface area (Å²) in [5, 5.41) is 9.86. The molecule has 1 aromatic rings. The van der Waals surface area contributed by atoms with Gasteiger partial charge >= 0.3 is 0 Å². The molecule has 0 spiro atoms. The van der Waals surface area contributed by atoms with Gasteiger partial charge in [0.05, 0.1) is 10.7 Å². The highest BCUT2D eigenvalue weighted by Crippen LogP contribution is 2.31. The van der Waals surface area contributed by atoms with Crippen molar-refractivity contribution in [3.8, 4) is 0 Å². The molecule has 1 aliphatic heterocycles. The van der Waals surface area contributed by atoms with Gasteiger partial charge in [0.25, 0.3) is 0 Å².